The van der Waals surface area contributed by atoms with Crippen molar-refractivity contribution in [1.29, 1.82) is 0 Å². The highest BCUT2D eigenvalue weighted by Crippen LogP contribution is 2.05. The van der Waals surface area contributed by atoms with Crippen LogP contribution in [-0.4, -0.2) is 36.0 Å². The van der Waals surface area contributed by atoms with Crippen LogP contribution in [0.1, 0.15) is 73.1 Å². The van der Waals surface area contributed by atoms with Crippen molar-refractivity contribution in [3.05, 3.63) is 12.2 Å². The summed E-state index contributed by atoms with van der Waals surface area (Å²) in [4.78, 5) is 14.1. The second-order valence-electron chi connectivity index (χ2n) is 6.32. The van der Waals surface area contributed by atoms with Crippen LogP contribution >= 0.6 is 0 Å². The molecule has 0 saturated heterocycles. The Morgan fingerprint density at radius 2 is 1.67 bits per heavy atom. The molecular formula is C18H36N2O. The van der Waals surface area contributed by atoms with Crippen LogP contribution in [0.25, 0.3) is 0 Å². The molecule has 0 saturated carbocycles. The van der Waals surface area contributed by atoms with E-state index in [1.165, 1.54) is 32.1 Å². The lowest BCUT2D eigenvalue weighted by atomic mass is 10.1. The Balaban J connectivity index is 3.70. The fourth-order valence-corrected chi connectivity index (χ4v) is 2.54. The summed E-state index contributed by atoms with van der Waals surface area (Å²) in [5.74, 6) is 0.0380. The molecule has 21 heavy (non-hydrogen) atoms. The summed E-state index contributed by atoms with van der Waals surface area (Å²) in [7, 11) is 0. The molecule has 1 N–H and O–H groups in total. The predicted octanol–water partition coefficient (Wildman–Crippen LogP) is 4.14. The predicted molar refractivity (Wildman–Crippen MR) is 92.5 cm³/mol. The summed E-state index contributed by atoms with van der Waals surface area (Å²) in [5, 5.41) is 2.97. The minimum absolute atomic E-state index is 0.0380. The Labute approximate surface area is 132 Å². The van der Waals surface area contributed by atoms with Crippen molar-refractivity contribution in [3.63, 3.8) is 0 Å². The molecule has 0 bridgehead atoms. The van der Waals surface area contributed by atoms with E-state index in [0.717, 1.165) is 19.5 Å². The van der Waals surface area contributed by atoms with Crippen LogP contribution in [-0.2, 0) is 4.79 Å². The number of hydrogen-bond donors (Lipinski definition) is 1. The number of nitrogens with one attached hydrogen (secondary N) is 1. The van der Waals surface area contributed by atoms with Crippen LogP contribution in [0.3, 0.4) is 0 Å². The Morgan fingerprint density at radius 3 is 2.24 bits per heavy atom. The van der Waals surface area contributed by atoms with Gasteiger partial charge in [0.25, 0.3) is 0 Å². The van der Waals surface area contributed by atoms with Gasteiger partial charge in [0.05, 0.1) is 0 Å². The quantitative estimate of drug-likeness (QED) is 0.433. The molecule has 124 valence electrons. The van der Waals surface area contributed by atoms with Gasteiger partial charge in [-0.1, -0.05) is 38.7 Å². The van der Waals surface area contributed by atoms with E-state index in [9.17, 15) is 4.79 Å². The lowest BCUT2D eigenvalue weighted by molar-refractivity contribution is -0.116. The van der Waals surface area contributed by atoms with Gasteiger partial charge in [-0.05, 0) is 46.6 Å². The number of hydrogen-bond acceptors (Lipinski definition) is 2. The van der Waals surface area contributed by atoms with Crippen LogP contribution in [0.5, 0.6) is 0 Å². The molecule has 0 unspecified atom stereocenters. The summed E-state index contributed by atoms with van der Waals surface area (Å²) >= 11 is 0. The van der Waals surface area contributed by atoms with Crippen molar-refractivity contribution in [2.75, 3.05) is 13.1 Å². The lowest BCUT2D eigenvalue weighted by Crippen LogP contribution is -2.42. The molecule has 0 fully saturated rings. The number of carbonyl (C=O) groups excluding carboxylic acids is 1. The lowest BCUT2D eigenvalue weighted by Gasteiger charge is -2.30. The van der Waals surface area contributed by atoms with Crippen LogP contribution in [0.4, 0.5) is 0 Å². The number of amides is 1. The average Bonchev–Trinajstić information content (AvgIpc) is 2.41. The van der Waals surface area contributed by atoms with Crippen molar-refractivity contribution >= 4 is 5.91 Å². The summed E-state index contributed by atoms with van der Waals surface area (Å²) in [6.07, 6.45) is 11.1. The Morgan fingerprint density at radius 1 is 1.05 bits per heavy atom. The fraction of sp³-hybridized carbons (Fsp3) is 0.833. The summed E-state index contributed by atoms with van der Waals surface area (Å²) in [6, 6.07) is 1.03. The minimum Gasteiger partial charge on any atom is -0.351 e. The Kier molecular flexibility index (Phi) is 12.4. The molecule has 0 radical (unpaired) electrons. The molecular weight excluding hydrogens is 260 g/mol. The first kappa shape index (κ1) is 20.2. The SMILES string of the molecule is CCCCCCC/C=C/C(=O)NCCN(C(C)C)C(C)C. The van der Waals surface area contributed by atoms with Gasteiger partial charge in [0.1, 0.15) is 0 Å². The molecule has 3 heteroatoms. The van der Waals surface area contributed by atoms with Crippen LogP contribution in [0, 0.1) is 0 Å². The van der Waals surface area contributed by atoms with Gasteiger partial charge in [-0.25, -0.2) is 0 Å². The van der Waals surface area contributed by atoms with Crippen molar-refractivity contribution in [2.24, 2.45) is 0 Å². The Hall–Kier alpha value is -0.830. The molecule has 0 aromatic rings. The molecule has 0 heterocycles. The van der Waals surface area contributed by atoms with E-state index in [0.29, 0.717) is 12.1 Å². The number of rotatable bonds is 12. The van der Waals surface area contributed by atoms with Gasteiger partial charge in [-0.2, -0.15) is 0 Å². The maximum absolute atomic E-state index is 11.7. The normalized spacial score (nSPS) is 12.0. The molecule has 0 aliphatic rings. The molecule has 0 rings (SSSR count). The molecule has 0 aromatic heterocycles. The van der Waals surface area contributed by atoms with E-state index in [2.05, 4.69) is 44.8 Å². The van der Waals surface area contributed by atoms with Gasteiger partial charge in [-0.3, -0.25) is 9.69 Å². The van der Waals surface area contributed by atoms with E-state index < -0.39 is 0 Å². The monoisotopic (exact) mass is 296 g/mol. The molecule has 0 atom stereocenters. The van der Waals surface area contributed by atoms with Gasteiger partial charge in [0.15, 0.2) is 0 Å². The van der Waals surface area contributed by atoms with Crippen LogP contribution < -0.4 is 5.32 Å². The first-order valence-corrected chi connectivity index (χ1v) is 8.69. The number of nitrogens with zero attached hydrogens (tertiary/aromatic N) is 1. The third kappa shape index (κ3) is 11.5. The maximum atomic E-state index is 11.7. The van der Waals surface area contributed by atoms with Gasteiger partial charge in [-0.15, -0.1) is 0 Å². The molecule has 0 aromatic carbocycles. The molecule has 3 nitrogen and oxygen atoms in total. The smallest absolute Gasteiger partial charge is 0.243 e. The fourth-order valence-electron chi connectivity index (χ4n) is 2.54. The van der Waals surface area contributed by atoms with Crippen molar-refractivity contribution in [2.45, 2.75) is 85.2 Å². The third-order valence-corrected chi connectivity index (χ3v) is 3.74. The zero-order valence-corrected chi connectivity index (χ0v) is 14.8. The zero-order valence-electron chi connectivity index (χ0n) is 14.8. The summed E-state index contributed by atoms with van der Waals surface area (Å²) in [6.45, 7) is 12.6. The van der Waals surface area contributed by atoms with Crippen LogP contribution in [0.2, 0.25) is 0 Å². The largest absolute Gasteiger partial charge is 0.351 e. The second-order valence-corrected chi connectivity index (χ2v) is 6.32. The topological polar surface area (TPSA) is 32.3 Å². The minimum atomic E-state index is 0.0380. The third-order valence-electron chi connectivity index (χ3n) is 3.74. The highest BCUT2D eigenvalue weighted by Gasteiger charge is 2.12. The maximum Gasteiger partial charge on any atom is 0.243 e. The number of carbonyl (C=O) groups is 1. The average molecular weight is 296 g/mol. The van der Waals surface area contributed by atoms with E-state index in [1.54, 1.807) is 6.08 Å². The van der Waals surface area contributed by atoms with Gasteiger partial charge in [0.2, 0.25) is 5.91 Å². The van der Waals surface area contributed by atoms with Crippen molar-refractivity contribution in [1.82, 2.24) is 10.2 Å². The first-order chi connectivity index (χ1) is 9.99. The second kappa shape index (κ2) is 12.9. The summed E-state index contributed by atoms with van der Waals surface area (Å²) in [5.41, 5.74) is 0. The highest BCUT2D eigenvalue weighted by molar-refractivity contribution is 5.87. The molecule has 0 aliphatic heterocycles. The number of unbranched alkanes of at least 4 members (excludes halogenated alkanes) is 5. The van der Waals surface area contributed by atoms with Crippen molar-refractivity contribution in [3.8, 4) is 0 Å². The zero-order chi connectivity index (χ0) is 16.1. The van der Waals surface area contributed by atoms with E-state index in [-0.39, 0.29) is 5.91 Å². The molecule has 1 amide bonds. The molecule has 0 aliphatic carbocycles. The van der Waals surface area contributed by atoms with E-state index >= 15 is 0 Å². The van der Waals surface area contributed by atoms with E-state index in [1.807, 2.05) is 6.08 Å². The van der Waals surface area contributed by atoms with E-state index in [4.69, 9.17) is 0 Å². The first-order valence-electron chi connectivity index (χ1n) is 8.69. The number of allylic oxidation sites excluding steroid dienone is 1. The van der Waals surface area contributed by atoms with Gasteiger partial charge >= 0.3 is 0 Å². The van der Waals surface area contributed by atoms with Crippen LogP contribution in [0.15, 0.2) is 12.2 Å². The standard InChI is InChI=1S/C18H36N2O/c1-6-7-8-9-10-11-12-13-18(21)19-14-15-20(16(2)3)17(4)5/h12-13,16-17H,6-11,14-15H2,1-5H3,(H,19,21)/b13-12+. The Bertz CT molecular complexity index is 277. The summed E-state index contributed by atoms with van der Waals surface area (Å²) < 4.78 is 0. The van der Waals surface area contributed by atoms with Gasteiger partial charge < -0.3 is 5.32 Å². The highest BCUT2D eigenvalue weighted by atomic mass is 16.1. The van der Waals surface area contributed by atoms with Crippen molar-refractivity contribution < 1.29 is 4.79 Å². The van der Waals surface area contributed by atoms with Gasteiger partial charge in [0, 0.05) is 25.2 Å². The molecule has 0 spiro atoms.